The molecule has 10 heteroatoms. The van der Waals surface area contributed by atoms with Gasteiger partial charge in [-0.3, -0.25) is 4.79 Å². The molecule has 1 amide bonds. The third-order valence-electron chi connectivity index (χ3n) is 3.98. The monoisotopic (exact) mass is 438 g/mol. The summed E-state index contributed by atoms with van der Waals surface area (Å²) in [5.41, 5.74) is 0.734. The van der Waals surface area contributed by atoms with Gasteiger partial charge in [-0.1, -0.05) is 0 Å². The zero-order valence-corrected chi connectivity index (χ0v) is 16.8. The maximum absolute atomic E-state index is 13.3. The number of halogens is 2. The molecule has 0 spiro atoms. The van der Waals surface area contributed by atoms with Gasteiger partial charge >= 0.3 is 0 Å². The Kier molecular flexibility index (Phi) is 6.23. The average molecular weight is 438 g/mol. The van der Waals surface area contributed by atoms with E-state index in [0.717, 1.165) is 23.5 Å². The van der Waals surface area contributed by atoms with Crippen molar-refractivity contribution in [2.75, 3.05) is 18.2 Å². The molecule has 0 atom stereocenters. The number of carbonyl (C=O) groups excluding carboxylic acids is 1. The van der Waals surface area contributed by atoms with Gasteiger partial charge in [-0.05, 0) is 42.5 Å². The van der Waals surface area contributed by atoms with Crippen molar-refractivity contribution in [2.24, 2.45) is 0 Å². The van der Waals surface area contributed by atoms with E-state index < -0.39 is 27.4 Å². The minimum Gasteiger partial charge on any atom is -0.497 e. The van der Waals surface area contributed by atoms with Crippen LogP contribution in [-0.2, 0) is 14.6 Å². The van der Waals surface area contributed by atoms with Gasteiger partial charge in [0.1, 0.15) is 5.75 Å². The predicted molar refractivity (Wildman–Crippen MR) is 106 cm³/mol. The van der Waals surface area contributed by atoms with Gasteiger partial charge in [0.15, 0.2) is 26.6 Å². The average Bonchev–Trinajstić information content (AvgIpc) is 3.17. The highest BCUT2D eigenvalue weighted by molar-refractivity contribution is 7.91. The maximum atomic E-state index is 13.3. The van der Waals surface area contributed by atoms with E-state index in [1.807, 2.05) is 0 Å². The van der Waals surface area contributed by atoms with Gasteiger partial charge in [-0.2, -0.15) is 0 Å². The number of anilines is 1. The SMILES string of the molecule is COc1ccc(S(=O)(=O)CCC(=O)Nc2nc(-c3ccc(F)c(F)c3)cs2)cc1. The molecule has 0 aliphatic rings. The standard InChI is InChI=1S/C19H16F2N2O4S2/c1-27-13-3-5-14(6-4-13)29(25,26)9-8-18(24)23-19-22-17(11-28-19)12-2-7-15(20)16(21)10-12/h2-7,10-11H,8-9H2,1H3,(H,22,23,24). The first-order chi connectivity index (χ1) is 13.8. The molecule has 2 aromatic carbocycles. The summed E-state index contributed by atoms with van der Waals surface area (Å²) in [6.07, 6.45) is -0.256. The maximum Gasteiger partial charge on any atom is 0.227 e. The van der Waals surface area contributed by atoms with E-state index in [9.17, 15) is 22.0 Å². The van der Waals surface area contributed by atoms with Crippen LogP contribution in [0.4, 0.5) is 13.9 Å². The van der Waals surface area contributed by atoms with Crippen LogP contribution in [0.2, 0.25) is 0 Å². The predicted octanol–water partition coefficient (Wildman–Crippen LogP) is 3.90. The molecule has 1 N–H and O–H groups in total. The molecule has 6 nitrogen and oxygen atoms in total. The first kappa shape index (κ1) is 20.9. The summed E-state index contributed by atoms with van der Waals surface area (Å²) in [6.45, 7) is 0. The number of carbonyl (C=O) groups is 1. The smallest absolute Gasteiger partial charge is 0.227 e. The number of benzene rings is 2. The number of rotatable bonds is 7. The third kappa shape index (κ3) is 5.15. The van der Waals surface area contributed by atoms with E-state index in [4.69, 9.17) is 4.74 Å². The van der Waals surface area contributed by atoms with Crippen LogP contribution in [0.5, 0.6) is 5.75 Å². The lowest BCUT2D eigenvalue weighted by Gasteiger charge is -2.06. The summed E-state index contributed by atoms with van der Waals surface area (Å²) in [4.78, 5) is 16.3. The van der Waals surface area contributed by atoms with Crippen LogP contribution in [0.15, 0.2) is 52.7 Å². The molecule has 0 unspecified atom stereocenters. The summed E-state index contributed by atoms with van der Waals surface area (Å²) in [5.74, 6) is -2.32. The zero-order chi connectivity index (χ0) is 21.0. The van der Waals surface area contributed by atoms with Gasteiger partial charge in [0.25, 0.3) is 0 Å². The second-order valence-electron chi connectivity index (χ2n) is 5.96. The zero-order valence-electron chi connectivity index (χ0n) is 15.2. The van der Waals surface area contributed by atoms with Crippen LogP contribution in [0.3, 0.4) is 0 Å². The van der Waals surface area contributed by atoms with Gasteiger partial charge < -0.3 is 10.1 Å². The molecule has 3 aromatic rings. The molecule has 0 aliphatic heterocycles. The lowest BCUT2D eigenvalue weighted by Crippen LogP contribution is -2.17. The lowest BCUT2D eigenvalue weighted by atomic mass is 10.2. The Bertz CT molecular complexity index is 1130. The minimum absolute atomic E-state index is 0.0981. The molecule has 1 aromatic heterocycles. The molecule has 29 heavy (non-hydrogen) atoms. The summed E-state index contributed by atoms with van der Waals surface area (Å²) in [7, 11) is -2.15. The number of methoxy groups -OCH3 is 1. The number of sulfone groups is 1. The lowest BCUT2D eigenvalue weighted by molar-refractivity contribution is -0.115. The van der Waals surface area contributed by atoms with Crippen molar-refractivity contribution in [3.8, 4) is 17.0 Å². The summed E-state index contributed by atoms with van der Waals surface area (Å²) < 4.78 is 56.0. The molecule has 3 rings (SSSR count). The molecule has 0 saturated carbocycles. The fourth-order valence-corrected chi connectivity index (χ4v) is 4.41. The van der Waals surface area contributed by atoms with Crippen molar-refractivity contribution >= 4 is 32.2 Å². The highest BCUT2D eigenvalue weighted by Gasteiger charge is 2.17. The number of thiazole rings is 1. The Labute approximate surface area is 170 Å². The first-order valence-electron chi connectivity index (χ1n) is 8.36. The van der Waals surface area contributed by atoms with E-state index in [1.54, 1.807) is 5.38 Å². The molecule has 0 aliphatic carbocycles. The number of ether oxygens (including phenoxy) is 1. The van der Waals surface area contributed by atoms with Crippen molar-refractivity contribution in [3.05, 3.63) is 59.5 Å². The van der Waals surface area contributed by atoms with Gasteiger partial charge in [0.05, 0.1) is 23.5 Å². The normalized spacial score (nSPS) is 11.3. The molecule has 0 radical (unpaired) electrons. The third-order valence-corrected chi connectivity index (χ3v) is 6.47. The van der Waals surface area contributed by atoms with Gasteiger partial charge in [0.2, 0.25) is 5.91 Å². The summed E-state index contributed by atoms with van der Waals surface area (Å²) in [5, 5.41) is 4.33. The van der Waals surface area contributed by atoms with Crippen LogP contribution in [0.1, 0.15) is 6.42 Å². The number of hydrogen-bond donors (Lipinski definition) is 1. The van der Waals surface area contributed by atoms with Crippen molar-refractivity contribution in [1.82, 2.24) is 4.98 Å². The topological polar surface area (TPSA) is 85.4 Å². The Morgan fingerprint density at radius 1 is 1.14 bits per heavy atom. The van der Waals surface area contributed by atoms with Gasteiger partial charge in [-0.25, -0.2) is 22.2 Å². The minimum atomic E-state index is -3.63. The van der Waals surface area contributed by atoms with Crippen LogP contribution in [0.25, 0.3) is 11.3 Å². The number of hydrogen-bond acceptors (Lipinski definition) is 6. The van der Waals surface area contributed by atoms with E-state index in [-0.39, 0.29) is 22.2 Å². The van der Waals surface area contributed by atoms with Crippen LogP contribution >= 0.6 is 11.3 Å². The van der Waals surface area contributed by atoms with E-state index in [2.05, 4.69) is 10.3 Å². The van der Waals surface area contributed by atoms with Crippen molar-refractivity contribution in [2.45, 2.75) is 11.3 Å². The Balaban J connectivity index is 1.60. The van der Waals surface area contributed by atoms with Crippen molar-refractivity contribution < 1.29 is 26.7 Å². The fraction of sp³-hybridized carbons (Fsp3) is 0.158. The van der Waals surface area contributed by atoms with E-state index in [0.29, 0.717) is 17.0 Å². The quantitative estimate of drug-likeness (QED) is 0.605. The van der Waals surface area contributed by atoms with E-state index >= 15 is 0 Å². The number of nitrogens with zero attached hydrogens (tertiary/aromatic N) is 1. The van der Waals surface area contributed by atoms with Crippen molar-refractivity contribution in [1.29, 1.82) is 0 Å². The Hall–Kier alpha value is -2.85. The molecule has 0 bridgehead atoms. The largest absolute Gasteiger partial charge is 0.497 e. The van der Waals surface area contributed by atoms with Crippen LogP contribution in [0, 0.1) is 11.6 Å². The molecular formula is C19H16F2N2O4S2. The van der Waals surface area contributed by atoms with Crippen molar-refractivity contribution in [3.63, 3.8) is 0 Å². The van der Waals surface area contributed by atoms with E-state index in [1.165, 1.54) is 37.4 Å². The highest BCUT2D eigenvalue weighted by atomic mass is 32.2. The molecular weight excluding hydrogens is 422 g/mol. The summed E-state index contributed by atoms with van der Waals surface area (Å²) in [6, 6.07) is 9.27. The second-order valence-corrected chi connectivity index (χ2v) is 8.93. The Morgan fingerprint density at radius 3 is 2.52 bits per heavy atom. The Morgan fingerprint density at radius 2 is 1.86 bits per heavy atom. The first-order valence-corrected chi connectivity index (χ1v) is 10.9. The molecule has 0 fully saturated rings. The highest BCUT2D eigenvalue weighted by Crippen LogP contribution is 2.26. The van der Waals surface area contributed by atoms with Crippen LogP contribution < -0.4 is 10.1 Å². The number of nitrogens with one attached hydrogen (secondary N) is 1. The van der Waals surface area contributed by atoms with Gasteiger partial charge in [-0.15, -0.1) is 11.3 Å². The second kappa shape index (κ2) is 8.66. The molecule has 152 valence electrons. The van der Waals surface area contributed by atoms with Gasteiger partial charge in [0, 0.05) is 17.4 Å². The molecule has 0 saturated heterocycles. The number of aromatic nitrogens is 1. The number of amides is 1. The fourth-order valence-electron chi connectivity index (χ4n) is 2.43. The molecule has 1 heterocycles. The summed E-state index contributed by atoms with van der Waals surface area (Å²) >= 11 is 1.09. The van der Waals surface area contributed by atoms with Crippen LogP contribution in [-0.4, -0.2) is 32.2 Å².